The van der Waals surface area contributed by atoms with Crippen molar-refractivity contribution in [1.82, 2.24) is 20.1 Å². The molecule has 0 radical (unpaired) electrons. The summed E-state index contributed by atoms with van der Waals surface area (Å²) in [4.78, 5) is 20.6. The molecule has 0 atom stereocenters. The largest absolute Gasteiger partial charge is 0.351 e. The third-order valence-electron chi connectivity index (χ3n) is 4.81. The lowest BCUT2D eigenvalue weighted by atomic mass is 10.1. The van der Waals surface area contributed by atoms with Gasteiger partial charge in [-0.15, -0.1) is 5.10 Å². The number of aryl methyl sites for hydroxylation is 2. The van der Waals surface area contributed by atoms with E-state index < -0.39 is 0 Å². The molecule has 7 heteroatoms. The highest BCUT2D eigenvalue weighted by Gasteiger charge is 2.34. The highest BCUT2D eigenvalue weighted by atomic mass is 79.9. The Morgan fingerprint density at radius 3 is 2.88 bits per heavy atom. The molecule has 1 aliphatic carbocycles. The number of hydrogen-bond donors (Lipinski definition) is 0. The average molecular weight is 388 g/mol. The third kappa shape index (κ3) is 2.77. The molecule has 2 aromatic heterocycles. The zero-order valence-electron chi connectivity index (χ0n) is 13.4. The number of carbonyl (C=O) groups is 1. The minimum atomic E-state index is -0.00603. The Morgan fingerprint density at radius 1 is 1.25 bits per heavy atom. The Bertz CT molecular complexity index is 790. The monoisotopic (exact) mass is 387 g/mol. The quantitative estimate of drug-likeness (QED) is 0.806. The number of halogens is 1. The van der Waals surface area contributed by atoms with Gasteiger partial charge in [0, 0.05) is 37.0 Å². The third-order valence-corrected chi connectivity index (χ3v) is 5.25. The van der Waals surface area contributed by atoms with E-state index in [0.717, 1.165) is 41.9 Å². The summed E-state index contributed by atoms with van der Waals surface area (Å²) < 4.78 is 0.811. The zero-order chi connectivity index (χ0) is 16.7. The number of hydrogen-bond acceptors (Lipinski definition) is 5. The van der Waals surface area contributed by atoms with Crippen molar-refractivity contribution in [1.29, 1.82) is 0 Å². The second-order valence-electron chi connectivity index (χ2n) is 6.39. The number of amides is 1. The molecular weight excluding hydrogens is 370 g/mol. The van der Waals surface area contributed by atoms with Crippen LogP contribution in [-0.4, -0.2) is 52.2 Å². The average Bonchev–Trinajstić information content (AvgIpc) is 3.00. The first-order valence-corrected chi connectivity index (χ1v) is 8.89. The van der Waals surface area contributed by atoms with Crippen molar-refractivity contribution in [3.8, 4) is 0 Å². The Morgan fingerprint density at radius 2 is 2.08 bits per heavy atom. The number of rotatable bonds is 3. The maximum atomic E-state index is 12.5. The van der Waals surface area contributed by atoms with Gasteiger partial charge in [0.1, 0.15) is 0 Å². The summed E-state index contributed by atoms with van der Waals surface area (Å²) in [6.07, 6.45) is 6.60. The van der Waals surface area contributed by atoms with Crippen LogP contribution in [0.3, 0.4) is 0 Å². The van der Waals surface area contributed by atoms with E-state index >= 15 is 0 Å². The smallest absolute Gasteiger partial charge is 0.255 e. The molecular formula is C17H18BrN5O. The number of carbonyl (C=O) groups excluding carboxylic acids is 1. The molecule has 0 bridgehead atoms. The molecule has 0 unspecified atom stereocenters. The molecule has 124 valence electrons. The van der Waals surface area contributed by atoms with Gasteiger partial charge in [-0.3, -0.25) is 9.78 Å². The lowest BCUT2D eigenvalue weighted by Crippen LogP contribution is -2.60. The predicted molar refractivity (Wildman–Crippen MR) is 94.1 cm³/mol. The van der Waals surface area contributed by atoms with E-state index in [2.05, 4.69) is 42.1 Å². The summed E-state index contributed by atoms with van der Waals surface area (Å²) in [5.41, 5.74) is 3.07. The molecule has 1 saturated heterocycles. The van der Waals surface area contributed by atoms with E-state index in [0.29, 0.717) is 5.56 Å². The van der Waals surface area contributed by atoms with Crippen LogP contribution < -0.4 is 4.90 Å². The van der Waals surface area contributed by atoms with Crippen LogP contribution >= 0.6 is 15.9 Å². The van der Waals surface area contributed by atoms with E-state index in [1.807, 2.05) is 7.05 Å². The van der Waals surface area contributed by atoms with E-state index in [4.69, 9.17) is 0 Å². The summed E-state index contributed by atoms with van der Waals surface area (Å²) in [7, 11) is 1.85. The fraction of sp³-hybridized carbons (Fsp3) is 0.412. The molecule has 0 spiro atoms. The lowest BCUT2D eigenvalue weighted by molar-refractivity contribution is 0.0704. The van der Waals surface area contributed by atoms with Crippen molar-refractivity contribution in [3.05, 3.63) is 45.8 Å². The van der Waals surface area contributed by atoms with Crippen LogP contribution in [0.25, 0.3) is 0 Å². The van der Waals surface area contributed by atoms with Gasteiger partial charge in [0.2, 0.25) is 0 Å². The fourth-order valence-corrected chi connectivity index (χ4v) is 3.62. The highest BCUT2D eigenvalue weighted by molar-refractivity contribution is 9.10. The van der Waals surface area contributed by atoms with Crippen LogP contribution in [0, 0.1) is 0 Å². The maximum Gasteiger partial charge on any atom is 0.255 e. The number of pyridine rings is 1. The summed E-state index contributed by atoms with van der Waals surface area (Å²) in [5.74, 6) is 0.922. The first-order chi connectivity index (χ1) is 11.6. The summed E-state index contributed by atoms with van der Waals surface area (Å²) in [6, 6.07) is 4.14. The van der Waals surface area contributed by atoms with Crippen LogP contribution in [0.1, 0.15) is 28.0 Å². The molecule has 0 aromatic carbocycles. The Hall–Kier alpha value is -2.02. The van der Waals surface area contributed by atoms with E-state index in [1.54, 1.807) is 23.4 Å². The van der Waals surface area contributed by atoms with Gasteiger partial charge in [0.05, 0.1) is 17.3 Å². The summed E-state index contributed by atoms with van der Waals surface area (Å²) >= 11 is 3.36. The first-order valence-electron chi connectivity index (χ1n) is 8.10. The van der Waals surface area contributed by atoms with E-state index in [1.165, 1.54) is 12.0 Å². The first kappa shape index (κ1) is 15.5. The van der Waals surface area contributed by atoms with Gasteiger partial charge in [-0.05, 0) is 52.9 Å². The van der Waals surface area contributed by atoms with Gasteiger partial charge >= 0.3 is 0 Å². The molecule has 1 aliphatic heterocycles. The number of anilines is 1. The molecule has 0 N–H and O–H groups in total. The molecule has 2 aliphatic rings. The fourth-order valence-electron chi connectivity index (χ4n) is 3.26. The van der Waals surface area contributed by atoms with E-state index in [-0.39, 0.29) is 11.9 Å². The van der Waals surface area contributed by atoms with Crippen molar-refractivity contribution in [2.75, 3.05) is 25.0 Å². The molecule has 0 saturated carbocycles. The second-order valence-corrected chi connectivity index (χ2v) is 7.31. The summed E-state index contributed by atoms with van der Waals surface area (Å²) in [5, 5.41) is 8.68. The van der Waals surface area contributed by atoms with Gasteiger partial charge < -0.3 is 9.80 Å². The number of aromatic nitrogens is 3. The minimum Gasteiger partial charge on any atom is -0.351 e. The van der Waals surface area contributed by atoms with Crippen molar-refractivity contribution in [2.24, 2.45) is 0 Å². The maximum absolute atomic E-state index is 12.5. The van der Waals surface area contributed by atoms with Gasteiger partial charge in [-0.1, -0.05) is 0 Å². The normalized spacial score (nSPS) is 16.7. The van der Waals surface area contributed by atoms with Crippen LogP contribution in [0.15, 0.2) is 29.0 Å². The number of fused-ring (bicyclic) bond motifs is 1. The molecule has 4 rings (SSSR count). The topological polar surface area (TPSA) is 62.2 Å². The van der Waals surface area contributed by atoms with Crippen LogP contribution in [0.2, 0.25) is 0 Å². The molecule has 24 heavy (non-hydrogen) atoms. The van der Waals surface area contributed by atoms with Crippen molar-refractivity contribution in [3.63, 3.8) is 0 Å². The van der Waals surface area contributed by atoms with Crippen LogP contribution in [0.5, 0.6) is 0 Å². The SMILES string of the molecule is CN(C(=O)c1cncc(Br)c1)C1CN(c2cc3c(nn2)CCC3)C1. The van der Waals surface area contributed by atoms with Crippen molar-refractivity contribution < 1.29 is 4.79 Å². The van der Waals surface area contributed by atoms with Gasteiger partial charge in [0.25, 0.3) is 5.91 Å². The zero-order valence-corrected chi connectivity index (χ0v) is 15.0. The Kier molecular flexibility index (Phi) is 3.96. The Labute approximate surface area is 149 Å². The van der Waals surface area contributed by atoms with Crippen molar-refractivity contribution >= 4 is 27.7 Å². The molecule has 1 amide bonds. The standard InChI is InChI=1S/C17H18BrN5O/c1-22(17(24)12-5-13(18)8-19-7-12)14-9-23(10-14)16-6-11-3-2-4-15(11)20-21-16/h5-8,14H,2-4,9-10H2,1H3. The molecule has 6 nitrogen and oxygen atoms in total. The van der Waals surface area contributed by atoms with Crippen molar-refractivity contribution in [2.45, 2.75) is 25.3 Å². The predicted octanol–water partition coefficient (Wildman–Crippen LogP) is 2.08. The van der Waals surface area contributed by atoms with Gasteiger partial charge in [-0.25, -0.2) is 0 Å². The molecule has 3 heterocycles. The van der Waals surface area contributed by atoms with Gasteiger partial charge in [0.15, 0.2) is 5.82 Å². The second kappa shape index (κ2) is 6.12. The van der Waals surface area contributed by atoms with Crippen LogP contribution in [-0.2, 0) is 12.8 Å². The highest BCUT2D eigenvalue weighted by Crippen LogP contribution is 2.26. The van der Waals surface area contributed by atoms with Crippen LogP contribution in [0.4, 0.5) is 5.82 Å². The van der Waals surface area contributed by atoms with Gasteiger partial charge in [-0.2, -0.15) is 5.10 Å². The lowest BCUT2D eigenvalue weighted by Gasteiger charge is -2.44. The van der Waals surface area contributed by atoms with E-state index in [9.17, 15) is 4.79 Å². The molecule has 2 aromatic rings. The summed E-state index contributed by atoms with van der Waals surface area (Å²) in [6.45, 7) is 1.58. The number of likely N-dealkylation sites (N-methyl/N-ethyl adjacent to an activating group) is 1. The minimum absolute atomic E-state index is 0.00603. The number of nitrogens with zero attached hydrogens (tertiary/aromatic N) is 5. The molecule has 1 fully saturated rings. The Balaban J connectivity index is 1.41.